The minimum absolute atomic E-state index is 0.106. The first-order valence-corrected chi connectivity index (χ1v) is 3.39. The Hall–Kier alpha value is -1.03. The number of hydrogen-bond donors (Lipinski definition) is 1. The standard InChI is InChI=1S/C8H8F2NO/c9-5-8(12,6-10)7-2-1-3-11-4-7/h2-4,12H,5-6H2. The SMILES string of the molecule is OC(CF)(CF)c1c[c]cnc1. The van der Waals surface area contributed by atoms with Gasteiger partial charge >= 0.3 is 0 Å². The third kappa shape index (κ3) is 1.58. The molecule has 1 aromatic heterocycles. The highest BCUT2D eigenvalue weighted by molar-refractivity contribution is 5.17. The molecule has 1 radical (unpaired) electrons. The average Bonchev–Trinajstić information content (AvgIpc) is 2.18. The maximum absolute atomic E-state index is 12.2. The first-order chi connectivity index (χ1) is 5.73. The molecule has 0 aromatic carbocycles. The Morgan fingerprint density at radius 2 is 2.17 bits per heavy atom. The molecule has 4 heteroatoms. The van der Waals surface area contributed by atoms with Crippen LogP contribution in [0.15, 0.2) is 18.5 Å². The zero-order valence-electron chi connectivity index (χ0n) is 6.30. The summed E-state index contributed by atoms with van der Waals surface area (Å²) in [4.78, 5) is 3.60. The predicted octanol–water partition coefficient (Wildman–Crippen LogP) is 1.01. The molecule has 0 aliphatic rings. The van der Waals surface area contributed by atoms with Crippen molar-refractivity contribution in [3.05, 3.63) is 30.1 Å². The molecule has 0 amide bonds. The molecule has 12 heavy (non-hydrogen) atoms. The van der Waals surface area contributed by atoms with E-state index in [1.807, 2.05) is 0 Å². The first kappa shape index (κ1) is 9.06. The van der Waals surface area contributed by atoms with Gasteiger partial charge in [0.1, 0.15) is 19.0 Å². The van der Waals surface area contributed by atoms with E-state index >= 15 is 0 Å². The summed E-state index contributed by atoms with van der Waals surface area (Å²) in [5.74, 6) is 0. The minimum atomic E-state index is -2.05. The molecule has 0 saturated carbocycles. The molecular formula is C8H8F2NO. The van der Waals surface area contributed by atoms with Crippen LogP contribution < -0.4 is 0 Å². The van der Waals surface area contributed by atoms with Gasteiger partial charge in [0.25, 0.3) is 0 Å². The summed E-state index contributed by atoms with van der Waals surface area (Å²) in [7, 11) is 0. The van der Waals surface area contributed by atoms with Gasteiger partial charge in [-0.25, -0.2) is 8.78 Å². The Balaban J connectivity index is 2.95. The average molecular weight is 172 g/mol. The van der Waals surface area contributed by atoms with Crippen molar-refractivity contribution in [1.82, 2.24) is 4.98 Å². The highest BCUT2D eigenvalue weighted by Crippen LogP contribution is 2.20. The quantitative estimate of drug-likeness (QED) is 0.738. The number of pyridine rings is 1. The van der Waals surface area contributed by atoms with Crippen LogP contribution in [0.25, 0.3) is 0 Å². The van der Waals surface area contributed by atoms with Crippen molar-refractivity contribution in [2.24, 2.45) is 0 Å². The van der Waals surface area contributed by atoms with E-state index in [-0.39, 0.29) is 5.56 Å². The molecule has 1 N–H and O–H groups in total. The van der Waals surface area contributed by atoms with Crippen LogP contribution >= 0.6 is 0 Å². The lowest BCUT2D eigenvalue weighted by Crippen LogP contribution is -2.30. The van der Waals surface area contributed by atoms with E-state index in [2.05, 4.69) is 11.1 Å². The van der Waals surface area contributed by atoms with E-state index in [0.717, 1.165) is 0 Å². The summed E-state index contributed by atoms with van der Waals surface area (Å²) < 4.78 is 24.4. The van der Waals surface area contributed by atoms with E-state index in [1.54, 1.807) is 0 Å². The molecule has 1 rings (SSSR count). The van der Waals surface area contributed by atoms with Crippen molar-refractivity contribution >= 4 is 0 Å². The molecule has 0 bridgehead atoms. The summed E-state index contributed by atoms with van der Waals surface area (Å²) in [5, 5.41) is 9.29. The predicted molar refractivity (Wildman–Crippen MR) is 38.9 cm³/mol. The van der Waals surface area contributed by atoms with E-state index in [0.29, 0.717) is 0 Å². The van der Waals surface area contributed by atoms with Gasteiger partial charge in [0.2, 0.25) is 0 Å². The van der Waals surface area contributed by atoms with Gasteiger partial charge in [-0.15, -0.1) is 0 Å². The number of rotatable bonds is 3. The maximum atomic E-state index is 12.2. The van der Waals surface area contributed by atoms with Crippen LogP contribution in [0.3, 0.4) is 0 Å². The van der Waals surface area contributed by atoms with E-state index in [9.17, 15) is 13.9 Å². The normalized spacial score (nSPS) is 11.6. The summed E-state index contributed by atoms with van der Waals surface area (Å²) in [6, 6.07) is 3.84. The van der Waals surface area contributed by atoms with Gasteiger partial charge in [-0.05, 0) is 6.07 Å². The van der Waals surface area contributed by atoms with Gasteiger partial charge in [0.15, 0.2) is 0 Å². The van der Waals surface area contributed by atoms with Crippen LogP contribution in [0.5, 0.6) is 0 Å². The van der Waals surface area contributed by atoms with Crippen LogP contribution in [0, 0.1) is 6.07 Å². The highest BCUT2D eigenvalue weighted by atomic mass is 19.1. The lowest BCUT2D eigenvalue weighted by atomic mass is 9.99. The zero-order valence-corrected chi connectivity index (χ0v) is 6.30. The fourth-order valence-corrected chi connectivity index (χ4v) is 0.769. The van der Waals surface area contributed by atoms with Gasteiger partial charge in [0, 0.05) is 24.0 Å². The van der Waals surface area contributed by atoms with Crippen LogP contribution in [-0.4, -0.2) is 23.4 Å². The molecule has 0 fully saturated rings. The number of nitrogens with zero attached hydrogens (tertiary/aromatic N) is 1. The molecule has 0 atom stereocenters. The van der Waals surface area contributed by atoms with Crippen LogP contribution in [0.1, 0.15) is 5.56 Å². The minimum Gasteiger partial charge on any atom is -0.380 e. The Bertz CT molecular complexity index is 236. The molecule has 1 aromatic rings. The summed E-state index contributed by atoms with van der Waals surface area (Å²) in [5.41, 5.74) is -1.94. The fraction of sp³-hybridized carbons (Fsp3) is 0.375. The van der Waals surface area contributed by atoms with Crippen molar-refractivity contribution < 1.29 is 13.9 Å². The Kier molecular flexibility index (Phi) is 2.70. The van der Waals surface area contributed by atoms with Crippen LogP contribution in [-0.2, 0) is 5.60 Å². The molecule has 0 saturated heterocycles. The maximum Gasteiger partial charge on any atom is 0.147 e. The number of halogens is 2. The number of hydrogen-bond acceptors (Lipinski definition) is 2. The monoisotopic (exact) mass is 172 g/mol. The lowest BCUT2D eigenvalue weighted by molar-refractivity contribution is -0.0114. The van der Waals surface area contributed by atoms with Gasteiger partial charge in [-0.2, -0.15) is 0 Å². The second-order valence-corrected chi connectivity index (χ2v) is 2.47. The fourth-order valence-electron chi connectivity index (χ4n) is 0.769. The van der Waals surface area contributed by atoms with Crippen molar-refractivity contribution in [1.29, 1.82) is 0 Å². The number of aromatic nitrogens is 1. The third-order valence-corrected chi connectivity index (χ3v) is 1.58. The highest BCUT2D eigenvalue weighted by Gasteiger charge is 2.29. The van der Waals surface area contributed by atoms with Gasteiger partial charge in [0.05, 0.1) is 0 Å². The van der Waals surface area contributed by atoms with E-state index in [4.69, 9.17) is 0 Å². The van der Waals surface area contributed by atoms with Crippen LogP contribution in [0.4, 0.5) is 8.78 Å². The second-order valence-electron chi connectivity index (χ2n) is 2.47. The number of aliphatic hydroxyl groups is 1. The first-order valence-electron chi connectivity index (χ1n) is 3.39. The molecule has 0 unspecified atom stereocenters. The van der Waals surface area contributed by atoms with Gasteiger partial charge in [-0.1, -0.05) is 0 Å². The second kappa shape index (κ2) is 3.58. The van der Waals surface area contributed by atoms with Crippen molar-refractivity contribution in [3.8, 4) is 0 Å². The molecule has 65 valence electrons. The zero-order chi connectivity index (χ0) is 9.03. The molecular weight excluding hydrogens is 164 g/mol. The third-order valence-electron chi connectivity index (χ3n) is 1.58. The molecule has 0 aliphatic heterocycles. The van der Waals surface area contributed by atoms with Gasteiger partial charge < -0.3 is 5.11 Å². The van der Waals surface area contributed by atoms with E-state index < -0.39 is 19.0 Å². The molecule has 1 heterocycles. The topological polar surface area (TPSA) is 33.1 Å². The van der Waals surface area contributed by atoms with E-state index in [1.165, 1.54) is 18.5 Å². The summed E-state index contributed by atoms with van der Waals surface area (Å²) in [6.07, 6.45) is 2.57. The Morgan fingerprint density at radius 1 is 1.50 bits per heavy atom. The molecule has 0 aliphatic carbocycles. The smallest absolute Gasteiger partial charge is 0.147 e. The Labute approximate surface area is 68.9 Å². The lowest BCUT2D eigenvalue weighted by Gasteiger charge is -2.20. The molecule has 2 nitrogen and oxygen atoms in total. The molecule has 0 spiro atoms. The summed E-state index contributed by atoms with van der Waals surface area (Å²) in [6.45, 7) is -2.33. The van der Waals surface area contributed by atoms with Crippen molar-refractivity contribution in [2.45, 2.75) is 5.60 Å². The van der Waals surface area contributed by atoms with Gasteiger partial charge in [-0.3, -0.25) is 4.98 Å². The van der Waals surface area contributed by atoms with Crippen molar-refractivity contribution in [2.75, 3.05) is 13.3 Å². The van der Waals surface area contributed by atoms with Crippen LogP contribution in [0.2, 0.25) is 0 Å². The van der Waals surface area contributed by atoms with Crippen molar-refractivity contribution in [3.63, 3.8) is 0 Å². The largest absolute Gasteiger partial charge is 0.380 e. The Morgan fingerprint density at radius 3 is 2.58 bits per heavy atom. The summed E-state index contributed by atoms with van der Waals surface area (Å²) >= 11 is 0. The number of alkyl halides is 2.